The van der Waals surface area contributed by atoms with E-state index in [1.807, 2.05) is 13.2 Å². The molecule has 2 aliphatic rings. The summed E-state index contributed by atoms with van der Waals surface area (Å²) in [5.41, 5.74) is 12.7. The molecule has 3 aromatic rings. The zero-order valence-corrected chi connectivity index (χ0v) is 19.0. The summed E-state index contributed by atoms with van der Waals surface area (Å²) in [6, 6.07) is 11.6. The number of benzene rings is 2. The summed E-state index contributed by atoms with van der Waals surface area (Å²) in [4.78, 5) is 4.62. The normalized spacial score (nSPS) is 20.1. The molecule has 0 amide bonds. The summed E-state index contributed by atoms with van der Waals surface area (Å²) < 4.78 is 1.75. The van der Waals surface area contributed by atoms with Crippen LogP contribution in [0.5, 0.6) is 0 Å². The Balaban J connectivity index is 1.54. The number of nitrogens with one attached hydrogen (secondary N) is 3. The number of anilines is 1. The first-order valence-electron chi connectivity index (χ1n) is 10.3. The van der Waals surface area contributed by atoms with E-state index in [0.29, 0.717) is 15.6 Å². The number of hydrogen-bond donors (Lipinski definition) is 4. The summed E-state index contributed by atoms with van der Waals surface area (Å²) in [5, 5.41) is 15.6. The second-order valence-corrected chi connectivity index (χ2v) is 8.91. The van der Waals surface area contributed by atoms with Crippen molar-refractivity contribution in [2.24, 2.45) is 17.8 Å². The number of halogens is 2. The van der Waals surface area contributed by atoms with Gasteiger partial charge in [-0.3, -0.25) is 10.4 Å². The van der Waals surface area contributed by atoms with Crippen molar-refractivity contribution in [1.29, 1.82) is 0 Å². The monoisotopic (exact) mass is 467 g/mol. The molecule has 0 saturated heterocycles. The van der Waals surface area contributed by atoms with Gasteiger partial charge in [-0.25, -0.2) is 4.99 Å². The molecule has 1 unspecified atom stereocenters. The molecule has 164 valence electrons. The third kappa shape index (κ3) is 4.12. The average molecular weight is 468 g/mol. The molecular weight excluding hydrogens is 445 g/mol. The maximum atomic E-state index is 6.69. The van der Waals surface area contributed by atoms with Crippen LogP contribution in [0.15, 0.2) is 59.6 Å². The van der Waals surface area contributed by atoms with Crippen molar-refractivity contribution in [3.05, 3.63) is 86.9 Å². The first-order valence-corrected chi connectivity index (χ1v) is 11.1. The van der Waals surface area contributed by atoms with Crippen molar-refractivity contribution >= 4 is 40.7 Å². The predicted octanol–water partition coefficient (Wildman–Crippen LogP) is 3.60. The molecule has 7 nitrogen and oxygen atoms in total. The topological polar surface area (TPSA) is 92.3 Å². The quantitative estimate of drug-likeness (QED) is 0.470. The largest absolute Gasteiger partial charge is 0.341 e. The molecule has 0 radical (unpaired) electrons. The van der Waals surface area contributed by atoms with Crippen LogP contribution in [-0.4, -0.2) is 22.5 Å². The molecule has 0 aliphatic carbocycles. The lowest BCUT2D eigenvalue weighted by molar-refractivity contribution is 0.400. The van der Waals surface area contributed by atoms with Gasteiger partial charge in [0.1, 0.15) is 5.82 Å². The number of aliphatic imine (C=N–C) groups is 1. The van der Waals surface area contributed by atoms with Gasteiger partial charge in [0.15, 0.2) is 0 Å². The standard InChI is InChI=1S/C23H23Cl2N7/c1-32-13-16(11-29-32)21-12-28-23(26,17-7-18(24)9-19(25)8-17)31-22(21)30-20-3-2-14-4-5-27-10-15(14)6-20/h2-3,6-9,11-13,27,30-31H,4-5,10,26H2,1H3. The van der Waals surface area contributed by atoms with Crippen LogP contribution in [0, 0.1) is 0 Å². The molecule has 2 aromatic carbocycles. The van der Waals surface area contributed by atoms with Crippen molar-refractivity contribution in [1.82, 2.24) is 20.4 Å². The van der Waals surface area contributed by atoms with Crippen LogP contribution < -0.4 is 21.7 Å². The highest BCUT2D eigenvalue weighted by molar-refractivity contribution is 6.34. The molecule has 0 bridgehead atoms. The van der Waals surface area contributed by atoms with Gasteiger partial charge in [-0.1, -0.05) is 29.3 Å². The van der Waals surface area contributed by atoms with Crippen molar-refractivity contribution in [2.75, 3.05) is 11.9 Å². The molecule has 0 spiro atoms. The van der Waals surface area contributed by atoms with Crippen molar-refractivity contribution in [2.45, 2.75) is 18.8 Å². The fourth-order valence-electron chi connectivity index (χ4n) is 4.02. The minimum absolute atomic E-state index is 0.494. The lowest BCUT2D eigenvalue weighted by atomic mass is 10.00. The van der Waals surface area contributed by atoms with Gasteiger partial charge >= 0.3 is 0 Å². The third-order valence-corrected chi connectivity index (χ3v) is 6.10. The van der Waals surface area contributed by atoms with Gasteiger partial charge < -0.3 is 16.0 Å². The zero-order valence-electron chi connectivity index (χ0n) is 17.5. The molecule has 32 heavy (non-hydrogen) atoms. The van der Waals surface area contributed by atoms with E-state index >= 15 is 0 Å². The SMILES string of the molecule is Cn1cc(C2=C(Nc3ccc4c(c3)CNCC4)NC(N)(c3cc(Cl)cc(Cl)c3)N=C2)cn1. The van der Waals surface area contributed by atoms with Crippen molar-refractivity contribution in [3.8, 4) is 0 Å². The fraction of sp³-hybridized carbons (Fsp3) is 0.217. The van der Waals surface area contributed by atoms with Gasteiger partial charge in [0.05, 0.1) is 6.20 Å². The number of fused-ring (bicyclic) bond motifs is 1. The lowest BCUT2D eigenvalue weighted by Crippen LogP contribution is -2.51. The van der Waals surface area contributed by atoms with E-state index in [9.17, 15) is 0 Å². The van der Waals surface area contributed by atoms with E-state index in [2.05, 4.69) is 44.2 Å². The Labute approximate surface area is 196 Å². The van der Waals surface area contributed by atoms with Crippen LogP contribution in [0.25, 0.3) is 5.57 Å². The fourth-order valence-corrected chi connectivity index (χ4v) is 4.55. The summed E-state index contributed by atoms with van der Waals surface area (Å²) >= 11 is 12.5. The van der Waals surface area contributed by atoms with Crippen LogP contribution in [0.3, 0.4) is 0 Å². The molecule has 9 heteroatoms. The van der Waals surface area contributed by atoms with Gasteiger partial charge in [0.2, 0.25) is 5.79 Å². The number of aryl methyl sites for hydroxylation is 1. The highest BCUT2D eigenvalue weighted by Gasteiger charge is 2.32. The minimum Gasteiger partial charge on any atom is -0.341 e. The molecule has 0 fully saturated rings. The summed E-state index contributed by atoms with van der Waals surface area (Å²) in [6.07, 6.45) is 6.51. The minimum atomic E-state index is -1.24. The molecule has 5 N–H and O–H groups in total. The number of nitrogens with zero attached hydrogens (tertiary/aromatic N) is 3. The van der Waals surface area contributed by atoms with Gasteiger partial charge in [0.25, 0.3) is 0 Å². The highest BCUT2D eigenvalue weighted by atomic mass is 35.5. The number of hydrogen-bond acceptors (Lipinski definition) is 6. The van der Waals surface area contributed by atoms with Crippen LogP contribution >= 0.6 is 23.2 Å². The van der Waals surface area contributed by atoms with Crippen molar-refractivity contribution in [3.63, 3.8) is 0 Å². The maximum absolute atomic E-state index is 6.69. The second kappa shape index (κ2) is 8.26. The van der Waals surface area contributed by atoms with Gasteiger partial charge in [-0.2, -0.15) is 5.10 Å². The molecule has 5 rings (SSSR count). The Morgan fingerprint density at radius 3 is 2.69 bits per heavy atom. The Morgan fingerprint density at radius 1 is 1.12 bits per heavy atom. The van der Waals surface area contributed by atoms with Crippen LogP contribution in [0.4, 0.5) is 5.69 Å². The molecular formula is C23H23Cl2N7. The molecule has 2 aliphatic heterocycles. The van der Waals surface area contributed by atoms with E-state index in [1.54, 1.807) is 35.3 Å². The number of rotatable bonds is 4. The van der Waals surface area contributed by atoms with E-state index in [0.717, 1.165) is 42.2 Å². The van der Waals surface area contributed by atoms with Gasteiger partial charge in [-0.15, -0.1) is 0 Å². The van der Waals surface area contributed by atoms with Crippen LogP contribution in [0.2, 0.25) is 10.0 Å². The van der Waals surface area contributed by atoms with Crippen molar-refractivity contribution < 1.29 is 0 Å². The van der Waals surface area contributed by atoms with E-state index < -0.39 is 5.79 Å². The number of aromatic nitrogens is 2. The smallest absolute Gasteiger partial charge is 0.210 e. The Bertz CT molecular complexity index is 1230. The predicted molar refractivity (Wildman–Crippen MR) is 130 cm³/mol. The first kappa shape index (κ1) is 21.0. The van der Waals surface area contributed by atoms with Gasteiger partial charge in [-0.05, 0) is 54.4 Å². The van der Waals surface area contributed by atoms with Gasteiger partial charge in [0, 0.05) is 58.4 Å². The summed E-state index contributed by atoms with van der Waals surface area (Å²) in [6.45, 7) is 1.86. The molecule has 3 heterocycles. The molecule has 1 aromatic heterocycles. The third-order valence-electron chi connectivity index (χ3n) is 5.66. The van der Waals surface area contributed by atoms with Crippen LogP contribution in [-0.2, 0) is 25.8 Å². The number of nitrogens with two attached hydrogens (primary N) is 1. The highest BCUT2D eigenvalue weighted by Crippen LogP contribution is 2.31. The molecule has 1 atom stereocenters. The first-order chi connectivity index (χ1) is 15.4. The number of allylic oxidation sites excluding steroid dienone is 1. The molecule has 0 saturated carbocycles. The Morgan fingerprint density at radius 2 is 1.94 bits per heavy atom. The second-order valence-electron chi connectivity index (χ2n) is 8.03. The summed E-state index contributed by atoms with van der Waals surface area (Å²) in [5.74, 6) is -0.520. The van der Waals surface area contributed by atoms with E-state index in [1.165, 1.54) is 11.1 Å². The lowest BCUT2D eigenvalue weighted by Gasteiger charge is -2.34. The van der Waals surface area contributed by atoms with Crippen LogP contribution in [0.1, 0.15) is 22.3 Å². The summed E-state index contributed by atoms with van der Waals surface area (Å²) in [7, 11) is 1.88. The maximum Gasteiger partial charge on any atom is 0.210 e. The average Bonchev–Trinajstić information content (AvgIpc) is 3.19. The zero-order chi connectivity index (χ0) is 22.3. The van der Waals surface area contributed by atoms with E-state index in [4.69, 9.17) is 28.9 Å². The van der Waals surface area contributed by atoms with E-state index in [-0.39, 0.29) is 0 Å². The Hall–Kier alpha value is -2.84. The Kier molecular flexibility index (Phi) is 5.43.